The number of amides is 1. The predicted molar refractivity (Wildman–Crippen MR) is 73.8 cm³/mol. The fourth-order valence-electron chi connectivity index (χ4n) is 2.36. The maximum atomic E-state index is 11.4. The molecule has 0 radical (unpaired) electrons. The number of nitrogens with one attached hydrogen (secondary N) is 1. The van der Waals surface area contributed by atoms with Gasteiger partial charge in [0.15, 0.2) is 11.5 Å². The Bertz CT molecular complexity index is 496. The number of fused-ring (bicyclic) bond motifs is 1. The maximum Gasteiger partial charge on any atom is 0.223 e. The van der Waals surface area contributed by atoms with Crippen molar-refractivity contribution in [1.82, 2.24) is 5.32 Å². The van der Waals surface area contributed by atoms with E-state index in [1.807, 2.05) is 12.1 Å². The molecule has 19 heavy (non-hydrogen) atoms. The molecule has 0 saturated carbocycles. The van der Waals surface area contributed by atoms with Crippen molar-refractivity contribution < 1.29 is 14.3 Å². The molecule has 1 aliphatic rings. The van der Waals surface area contributed by atoms with Gasteiger partial charge in [-0.1, -0.05) is 6.08 Å². The van der Waals surface area contributed by atoms with E-state index in [9.17, 15) is 4.79 Å². The number of carbonyl (C=O) groups excluding carboxylic acids is 1. The summed E-state index contributed by atoms with van der Waals surface area (Å²) >= 11 is 0. The second-order valence-electron chi connectivity index (χ2n) is 4.60. The molecule has 0 heterocycles. The molecule has 4 heteroatoms. The van der Waals surface area contributed by atoms with E-state index in [4.69, 9.17) is 9.47 Å². The Morgan fingerprint density at radius 2 is 2.11 bits per heavy atom. The summed E-state index contributed by atoms with van der Waals surface area (Å²) in [5, 5.41) is 2.91. The standard InChI is InChI=1S/C15H19NO3/c1-4-5-15(17)16-9-11-6-10-7-13(18-2)14(19-3)8-12(10)11/h4,7-8,11H,1,5-6,9H2,2-3H3,(H,16,17)/t11-/m0/s1. The van der Waals surface area contributed by atoms with Gasteiger partial charge in [0.2, 0.25) is 5.91 Å². The van der Waals surface area contributed by atoms with Crippen LogP contribution in [0.3, 0.4) is 0 Å². The third-order valence-electron chi connectivity index (χ3n) is 3.43. The lowest BCUT2D eigenvalue weighted by atomic mass is 9.77. The SMILES string of the molecule is C=CCC(=O)NC[C@@H]1Cc2cc(OC)c(OC)cc21. The molecule has 1 amide bonds. The van der Waals surface area contributed by atoms with Crippen LogP contribution in [-0.2, 0) is 11.2 Å². The van der Waals surface area contributed by atoms with Crippen LogP contribution in [0.15, 0.2) is 24.8 Å². The lowest BCUT2D eigenvalue weighted by Gasteiger charge is -2.31. The highest BCUT2D eigenvalue weighted by Crippen LogP contribution is 2.41. The second kappa shape index (κ2) is 5.78. The lowest BCUT2D eigenvalue weighted by Crippen LogP contribution is -2.32. The Morgan fingerprint density at radius 3 is 2.74 bits per heavy atom. The van der Waals surface area contributed by atoms with Gasteiger partial charge in [-0.2, -0.15) is 0 Å². The molecule has 1 N–H and O–H groups in total. The third-order valence-corrected chi connectivity index (χ3v) is 3.43. The number of hydrogen-bond donors (Lipinski definition) is 1. The predicted octanol–water partition coefficient (Wildman–Crippen LogP) is 2.04. The van der Waals surface area contributed by atoms with Gasteiger partial charge in [0.05, 0.1) is 14.2 Å². The molecule has 1 atom stereocenters. The molecule has 0 spiro atoms. The number of ether oxygens (including phenoxy) is 2. The van der Waals surface area contributed by atoms with Crippen LogP contribution in [0, 0.1) is 0 Å². The van der Waals surface area contributed by atoms with Gasteiger partial charge in [-0.3, -0.25) is 4.79 Å². The fraction of sp³-hybridized carbons (Fsp3) is 0.400. The van der Waals surface area contributed by atoms with Gasteiger partial charge in [-0.05, 0) is 29.7 Å². The molecule has 102 valence electrons. The van der Waals surface area contributed by atoms with E-state index in [2.05, 4.69) is 11.9 Å². The summed E-state index contributed by atoms with van der Waals surface area (Å²) in [4.78, 5) is 11.4. The van der Waals surface area contributed by atoms with Crippen molar-refractivity contribution in [3.8, 4) is 11.5 Å². The van der Waals surface area contributed by atoms with Crippen molar-refractivity contribution in [1.29, 1.82) is 0 Å². The average molecular weight is 261 g/mol. The van der Waals surface area contributed by atoms with Gasteiger partial charge in [-0.15, -0.1) is 6.58 Å². The fourth-order valence-corrected chi connectivity index (χ4v) is 2.36. The van der Waals surface area contributed by atoms with Crippen molar-refractivity contribution in [2.45, 2.75) is 18.8 Å². The molecular formula is C15H19NO3. The summed E-state index contributed by atoms with van der Waals surface area (Å²) in [7, 11) is 3.26. The topological polar surface area (TPSA) is 47.6 Å². The van der Waals surface area contributed by atoms with Crippen LogP contribution in [0.1, 0.15) is 23.5 Å². The first kappa shape index (κ1) is 13.5. The number of carbonyl (C=O) groups is 1. The molecular weight excluding hydrogens is 242 g/mol. The summed E-state index contributed by atoms with van der Waals surface area (Å²) in [6, 6.07) is 4.01. The number of methoxy groups -OCH3 is 2. The van der Waals surface area contributed by atoms with Crippen LogP contribution in [0.4, 0.5) is 0 Å². The molecule has 0 saturated heterocycles. The molecule has 2 rings (SSSR count). The zero-order chi connectivity index (χ0) is 13.8. The minimum atomic E-state index is 0.0175. The van der Waals surface area contributed by atoms with Crippen LogP contribution < -0.4 is 14.8 Å². The molecule has 1 aromatic rings. The Balaban J connectivity index is 2.02. The first-order valence-electron chi connectivity index (χ1n) is 6.32. The van der Waals surface area contributed by atoms with Gasteiger partial charge >= 0.3 is 0 Å². The largest absolute Gasteiger partial charge is 0.493 e. The van der Waals surface area contributed by atoms with E-state index < -0.39 is 0 Å². The van der Waals surface area contributed by atoms with Gasteiger partial charge < -0.3 is 14.8 Å². The van der Waals surface area contributed by atoms with Crippen molar-refractivity contribution in [3.63, 3.8) is 0 Å². The van der Waals surface area contributed by atoms with E-state index in [1.165, 1.54) is 11.1 Å². The molecule has 0 aliphatic heterocycles. The summed E-state index contributed by atoms with van der Waals surface area (Å²) in [5.41, 5.74) is 2.50. The van der Waals surface area contributed by atoms with Crippen LogP contribution in [-0.4, -0.2) is 26.7 Å². The first-order valence-corrected chi connectivity index (χ1v) is 6.32. The molecule has 0 bridgehead atoms. The normalized spacial score (nSPS) is 16.0. The zero-order valence-corrected chi connectivity index (χ0v) is 11.4. The highest BCUT2D eigenvalue weighted by Gasteiger charge is 2.28. The van der Waals surface area contributed by atoms with Crippen molar-refractivity contribution >= 4 is 5.91 Å². The Kier molecular flexibility index (Phi) is 4.10. The van der Waals surface area contributed by atoms with E-state index in [1.54, 1.807) is 20.3 Å². The number of benzene rings is 1. The summed E-state index contributed by atoms with van der Waals surface area (Å²) in [6.45, 7) is 4.21. The lowest BCUT2D eigenvalue weighted by molar-refractivity contribution is -0.120. The minimum absolute atomic E-state index is 0.0175. The highest BCUT2D eigenvalue weighted by molar-refractivity contribution is 5.77. The molecule has 0 unspecified atom stereocenters. The summed E-state index contributed by atoms with van der Waals surface area (Å²) < 4.78 is 10.6. The zero-order valence-electron chi connectivity index (χ0n) is 11.4. The smallest absolute Gasteiger partial charge is 0.223 e. The van der Waals surface area contributed by atoms with Gasteiger partial charge in [0.1, 0.15) is 0 Å². The van der Waals surface area contributed by atoms with E-state index in [-0.39, 0.29) is 5.91 Å². The van der Waals surface area contributed by atoms with Gasteiger partial charge in [0.25, 0.3) is 0 Å². The van der Waals surface area contributed by atoms with Crippen LogP contribution in [0.25, 0.3) is 0 Å². The molecule has 1 aromatic carbocycles. The van der Waals surface area contributed by atoms with Gasteiger partial charge in [-0.25, -0.2) is 0 Å². The third kappa shape index (κ3) is 2.72. The Labute approximate surface area is 113 Å². The Morgan fingerprint density at radius 1 is 1.42 bits per heavy atom. The van der Waals surface area contributed by atoms with Crippen molar-refractivity contribution in [3.05, 3.63) is 35.9 Å². The van der Waals surface area contributed by atoms with Crippen molar-refractivity contribution in [2.75, 3.05) is 20.8 Å². The Hall–Kier alpha value is -1.97. The average Bonchev–Trinajstić information content (AvgIpc) is 2.39. The summed E-state index contributed by atoms with van der Waals surface area (Å²) in [5.74, 6) is 1.88. The molecule has 0 aromatic heterocycles. The maximum absolute atomic E-state index is 11.4. The van der Waals surface area contributed by atoms with E-state index in [0.29, 0.717) is 18.9 Å². The molecule has 0 fully saturated rings. The second-order valence-corrected chi connectivity index (χ2v) is 4.60. The number of hydrogen-bond acceptors (Lipinski definition) is 3. The van der Waals surface area contributed by atoms with Gasteiger partial charge in [0, 0.05) is 18.9 Å². The van der Waals surface area contributed by atoms with E-state index in [0.717, 1.165) is 17.9 Å². The minimum Gasteiger partial charge on any atom is -0.493 e. The highest BCUT2D eigenvalue weighted by atomic mass is 16.5. The monoisotopic (exact) mass is 261 g/mol. The molecule has 4 nitrogen and oxygen atoms in total. The van der Waals surface area contributed by atoms with Crippen LogP contribution in [0.5, 0.6) is 11.5 Å². The summed E-state index contributed by atoms with van der Waals surface area (Å²) in [6.07, 6.45) is 2.94. The van der Waals surface area contributed by atoms with E-state index >= 15 is 0 Å². The quantitative estimate of drug-likeness (QED) is 0.797. The first-order chi connectivity index (χ1) is 9.19. The van der Waals surface area contributed by atoms with Crippen LogP contribution in [0.2, 0.25) is 0 Å². The van der Waals surface area contributed by atoms with Crippen LogP contribution >= 0.6 is 0 Å². The molecule has 1 aliphatic carbocycles. The number of rotatable bonds is 6. The van der Waals surface area contributed by atoms with Crippen molar-refractivity contribution in [2.24, 2.45) is 0 Å².